The van der Waals surface area contributed by atoms with E-state index in [0.717, 1.165) is 5.69 Å². The van der Waals surface area contributed by atoms with Gasteiger partial charge in [-0.1, -0.05) is 0 Å². The third-order valence-corrected chi connectivity index (χ3v) is 1.98. The third kappa shape index (κ3) is 1.30. The molecule has 4 heteroatoms. The molecule has 0 bridgehead atoms. The van der Waals surface area contributed by atoms with Crippen LogP contribution in [0.4, 0.5) is 5.69 Å². The van der Waals surface area contributed by atoms with Gasteiger partial charge in [0.2, 0.25) is 0 Å². The largest absolute Gasteiger partial charge is 0.472 e. The summed E-state index contributed by atoms with van der Waals surface area (Å²) in [5.41, 5.74) is 1.53. The Morgan fingerprint density at radius 2 is 2.38 bits per heavy atom. The first-order valence-corrected chi connectivity index (χ1v) is 4.04. The maximum atomic E-state index is 11.3. The van der Waals surface area contributed by atoms with Crippen molar-refractivity contribution in [2.75, 3.05) is 19.1 Å². The van der Waals surface area contributed by atoms with Gasteiger partial charge in [-0.25, -0.2) is 0 Å². The number of ether oxygens (including phenoxy) is 1. The van der Waals surface area contributed by atoms with Crippen LogP contribution in [0.25, 0.3) is 0 Å². The average Bonchev–Trinajstić information content (AvgIpc) is 2.18. The van der Waals surface area contributed by atoms with Crippen LogP contribution in [0, 0.1) is 0 Å². The van der Waals surface area contributed by atoms with Crippen LogP contribution in [0.2, 0.25) is 0 Å². The average molecular weight is 178 g/mol. The molecule has 0 fully saturated rings. The number of hydrogen-bond donors (Lipinski definition) is 2. The van der Waals surface area contributed by atoms with Gasteiger partial charge >= 0.3 is 0 Å². The Morgan fingerprint density at radius 1 is 1.54 bits per heavy atom. The van der Waals surface area contributed by atoms with Crippen LogP contribution in [-0.4, -0.2) is 19.7 Å². The lowest BCUT2D eigenvalue weighted by molar-refractivity contribution is 0.0883. The quantitative estimate of drug-likeness (QED) is 0.669. The number of fused-ring (bicyclic) bond motifs is 1. The van der Waals surface area contributed by atoms with Crippen LogP contribution in [0.15, 0.2) is 18.2 Å². The maximum absolute atomic E-state index is 11.3. The summed E-state index contributed by atoms with van der Waals surface area (Å²) < 4.78 is 5.26. The number of nitrogens with one attached hydrogen (secondary N) is 2. The monoisotopic (exact) mass is 178 g/mol. The van der Waals surface area contributed by atoms with Gasteiger partial charge in [0.25, 0.3) is 5.91 Å². The van der Waals surface area contributed by atoms with Crippen molar-refractivity contribution in [3.05, 3.63) is 23.8 Å². The molecule has 0 atom stereocenters. The van der Waals surface area contributed by atoms with Gasteiger partial charge in [-0.15, -0.1) is 0 Å². The fourth-order valence-corrected chi connectivity index (χ4v) is 1.26. The molecule has 1 aliphatic rings. The van der Waals surface area contributed by atoms with Crippen molar-refractivity contribution < 1.29 is 9.53 Å². The first kappa shape index (κ1) is 7.91. The van der Waals surface area contributed by atoms with Crippen LogP contribution in [-0.2, 0) is 0 Å². The predicted molar refractivity (Wildman–Crippen MR) is 48.9 cm³/mol. The van der Waals surface area contributed by atoms with Crippen LogP contribution in [0.3, 0.4) is 0 Å². The number of carbonyl (C=O) groups is 1. The van der Waals surface area contributed by atoms with Crippen molar-refractivity contribution in [3.8, 4) is 5.75 Å². The normalized spacial score (nSPS) is 14.1. The van der Waals surface area contributed by atoms with E-state index in [1.54, 1.807) is 6.07 Å². The van der Waals surface area contributed by atoms with E-state index in [2.05, 4.69) is 10.6 Å². The second kappa shape index (κ2) is 2.97. The van der Waals surface area contributed by atoms with Crippen LogP contribution >= 0.6 is 0 Å². The van der Waals surface area contributed by atoms with Gasteiger partial charge in [-0.3, -0.25) is 4.79 Å². The van der Waals surface area contributed by atoms with Gasteiger partial charge in [-0.2, -0.15) is 0 Å². The first-order valence-electron chi connectivity index (χ1n) is 4.04. The van der Waals surface area contributed by atoms with E-state index < -0.39 is 0 Å². The van der Waals surface area contributed by atoms with Gasteiger partial charge in [0.05, 0.1) is 5.56 Å². The molecule has 2 N–H and O–H groups in total. The van der Waals surface area contributed by atoms with Gasteiger partial charge in [-0.05, 0) is 12.1 Å². The second-order valence-electron chi connectivity index (χ2n) is 2.76. The minimum absolute atomic E-state index is 0.0797. The van der Waals surface area contributed by atoms with Crippen molar-refractivity contribution in [2.45, 2.75) is 0 Å². The number of hydrogen-bond acceptors (Lipinski definition) is 3. The molecule has 2 rings (SSSR count). The molecule has 0 saturated carbocycles. The van der Waals surface area contributed by atoms with Gasteiger partial charge < -0.3 is 15.4 Å². The number of amides is 1. The smallest absolute Gasteiger partial charge is 0.257 e. The lowest BCUT2D eigenvalue weighted by atomic mass is 10.1. The molecule has 4 nitrogen and oxygen atoms in total. The van der Waals surface area contributed by atoms with E-state index in [4.69, 9.17) is 4.74 Å². The van der Waals surface area contributed by atoms with Crippen LogP contribution in [0.5, 0.6) is 5.75 Å². The van der Waals surface area contributed by atoms with E-state index in [1.807, 2.05) is 19.2 Å². The summed E-state index contributed by atoms with van der Waals surface area (Å²) in [5.74, 6) is 0.555. The minimum atomic E-state index is -0.0797. The van der Waals surface area contributed by atoms with E-state index in [-0.39, 0.29) is 12.6 Å². The molecule has 68 valence electrons. The first-order chi connectivity index (χ1) is 6.31. The zero-order chi connectivity index (χ0) is 9.26. The lowest BCUT2D eigenvalue weighted by Gasteiger charge is -2.18. The molecule has 0 aliphatic carbocycles. The Labute approximate surface area is 75.9 Å². The molecule has 0 spiro atoms. The Kier molecular flexibility index (Phi) is 1.81. The van der Waals surface area contributed by atoms with Crippen molar-refractivity contribution in [1.82, 2.24) is 5.32 Å². The second-order valence-corrected chi connectivity index (χ2v) is 2.76. The van der Waals surface area contributed by atoms with E-state index in [0.29, 0.717) is 11.3 Å². The van der Waals surface area contributed by atoms with E-state index >= 15 is 0 Å². The highest BCUT2D eigenvalue weighted by atomic mass is 16.5. The van der Waals surface area contributed by atoms with Crippen molar-refractivity contribution >= 4 is 11.6 Å². The third-order valence-electron chi connectivity index (χ3n) is 1.98. The number of carbonyl (C=O) groups excluding carboxylic acids is 1. The molecule has 1 aromatic rings. The molecule has 0 unspecified atom stereocenters. The molecular weight excluding hydrogens is 168 g/mol. The molecule has 1 amide bonds. The van der Waals surface area contributed by atoms with E-state index in [9.17, 15) is 4.79 Å². The Hall–Kier alpha value is -1.71. The van der Waals surface area contributed by atoms with Gasteiger partial charge in [0.15, 0.2) is 6.73 Å². The van der Waals surface area contributed by atoms with Crippen molar-refractivity contribution in [2.24, 2.45) is 0 Å². The summed E-state index contributed by atoms with van der Waals surface area (Å²) in [6, 6.07) is 5.40. The summed E-state index contributed by atoms with van der Waals surface area (Å²) in [4.78, 5) is 11.3. The van der Waals surface area contributed by atoms with E-state index in [1.165, 1.54) is 0 Å². The van der Waals surface area contributed by atoms with Crippen molar-refractivity contribution in [3.63, 3.8) is 0 Å². The molecule has 0 aromatic heterocycles. The highest BCUT2D eigenvalue weighted by molar-refractivity contribution is 5.98. The molecule has 13 heavy (non-hydrogen) atoms. The number of benzene rings is 1. The number of anilines is 1. The lowest BCUT2D eigenvalue weighted by Crippen LogP contribution is -2.32. The standard InChI is InChI=1S/C9H10N2O2/c1-10-6-2-3-7-8(4-6)13-5-11-9(7)12/h2-4,10H,5H2,1H3,(H,11,12). The van der Waals surface area contributed by atoms with Gasteiger partial charge in [0, 0.05) is 18.8 Å². The molecular formula is C9H10N2O2. The van der Waals surface area contributed by atoms with Crippen LogP contribution in [0.1, 0.15) is 10.4 Å². The summed E-state index contributed by atoms with van der Waals surface area (Å²) in [5, 5.41) is 5.57. The molecule has 1 heterocycles. The Morgan fingerprint density at radius 3 is 3.15 bits per heavy atom. The zero-order valence-electron chi connectivity index (χ0n) is 7.26. The topological polar surface area (TPSA) is 50.4 Å². The highest BCUT2D eigenvalue weighted by Crippen LogP contribution is 2.24. The Bertz CT molecular complexity index is 349. The summed E-state index contributed by atoms with van der Waals surface area (Å²) >= 11 is 0. The predicted octanol–water partition coefficient (Wildman–Crippen LogP) is 0.808. The number of rotatable bonds is 1. The van der Waals surface area contributed by atoms with Gasteiger partial charge in [0.1, 0.15) is 5.75 Å². The summed E-state index contributed by atoms with van der Waals surface area (Å²) in [7, 11) is 1.82. The van der Waals surface area contributed by atoms with Crippen molar-refractivity contribution in [1.29, 1.82) is 0 Å². The fourth-order valence-electron chi connectivity index (χ4n) is 1.26. The fraction of sp³-hybridized carbons (Fsp3) is 0.222. The highest BCUT2D eigenvalue weighted by Gasteiger charge is 2.17. The van der Waals surface area contributed by atoms with Crippen LogP contribution < -0.4 is 15.4 Å². The Balaban J connectivity index is 2.45. The maximum Gasteiger partial charge on any atom is 0.257 e. The SMILES string of the molecule is CNc1ccc2c(c1)OCNC2=O. The zero-order valence-corrected chi connectivity index (χ0v) is 7.26. The molecule has 1 aromatic carbocycles. The minimum Gasteiger partial charge on any atom is -0.472 e. The summed E-state index contributed by atoms with van der Waals surface area (Å²) in [6.07, 6.45) is 0. The molecule has 0 saturated heterocycles. The molecule has 0 radical (unpaired) electrons. The molecule has 1 aliphatic heterocycles. The summed E-state index contributed by atoms with van der Waals surface area (Å²) in [6.45, 7) is 0.249.